The summed E-state index contributed by atoms with van der Waals surface area (Å²) >= 11 is 0. The van der Waals surface area contributed by atoms with Crippen LogP contribution in [0.4, 0.5) is 11.4 Å². The molecule has 5 N–H and O–H groups in total. The second-order valence-electron chi connectivity index (χ2n) is 6.71. The molecule has 0 aromatic heterocycles. The summed E-state index contributed by atoms with van der Waals surface area (Å²) in [4.78, 5) is 32.9. The average molecular weight is 424 g/mol. The number of aliphatic imine (C=N–C) groups is 2. The van der Waals surface area contributed by atoms with Gasteiger partial charge in [-0.1, -0.05) is 18.2 Å². The molecule has 1 aliphatic heterocycles. The number of hydrogen-bond donors (Lipinski definition) is 4. The van der Waals surface area contributed by atoms with Crippen molar-refractivity contribution in [1.82, 2.24) is 5.32 Å². The molecule has 0 spiro atoms. The highest BCUT2D eigenvalue weighted by Crippen LogP contribution is 2.29. The van der Waals surface area contributed by atoms with Crippen LogP contribution in [0.3, 0.4) is 0 Å². The number of ether oxygens (including phenoxy) is 2. The van der Waals surface area contributed by atoms with Crippen molar-refractivity contribution >= 4 is 35.1 Å². The minimum Gasteiger partial charge on any atom is -0.497 e. The van der Waals surface area contributed by atoms with Crippen LogP contribution in [-0.2, 0) is 9.59 Å². The zero-order chi connectivity index (χ0) is 22.4. The number of aryl methyl sites for hydroxylation is 1. The van der Waals surface area contributed by atoms with Crippen molar-refractivity contribution in [1.29, 1.82) is 0 Å². The molecular weight excluding hydrogens is 400 g/mol. The highest BCUT2D eigenvalue weighted by Gasteiger charge is 2.29. The second kappa shape index (κ2) is 9.61. The van der Waals surface area contributed by atoms with Gasteiger partial charge in [-0.15, -0.1) is 0 Å². The van der Waals surface area contributed by atoms with Gasteiger partial charge >= 0.3 is 0 Å². The van der Waals surface area contributed by atoms with Crippen molar-refractivity contribution in [2.45, 2.75) is 19.4 Å². The Morgan fingerprint density at radius 2 is 1.94 bits per heavy atom. The molecular formula is C21H24N6O4. The van der Waals surface area contributed by atoms with Crippen molar-refractivity contribution in [2.75, 3.05) is 24.9 Å². The first-order chi connectivity index (χ1) is 14.9. The van der Waals surface area contributed by atoms with E-state index in [0.29, 0.717) is 17.2 Å². The molecule has 10 heteroatoms. The fourth-order valence-electron chi connectivity index (χ4n) is 2.91. The first-order valence-corrected chi connectivity index (χ1v) is 9.47. The van der Waals surface area contributed by atoms with Gasteiger partial charge in [0.15, 0.2) is 0 Å². The number of nitrogens with two attached hydrogens (primary N) is 1. The lowest BCUT2D eigenvalue weighted by Gasteiger charge is -2.12. The van der Waals surface area contributed by atoms with Gasteiger partial charge < -0.3 is 25.8 Å². The largest absolute Gasteiger partial charge is 0.497 e. The number of nitrogens with zero attached hydrogens (tertiary/aromatic N) is 2. The number of rotatable bonds is 6. The summed E-state index contributed by atoms with van der Waals surface area (Å²) in [7, 11) is 3.01. The van der Waals surface area contributed by atoms with E-state index in [-0.39, 0.29) is 18.3 Å². The number of para-hydroxylation sites is 1. The van der Waals surface area contributed by atoms with Crippen molar-refractivity contribution in [3.8, 4) is 11.5 Å². The van der Waals surface area contributed by atoms with E-state index < -0.39 is 17.9 Å². The molecule has 162 valence electrons. The van der Waals surface area contributed by atoms with E-state index in [1.54, 1.807) is 18.2 Å². The van der Waals surface area contributed by atoms with E-state index in [2.05, 4.69) is 25.9 Å². The van der Waals surface area contributed by atoms with Crippen LogP contribution >= 0.6 is 0 Å². The highest BCUT2D eigenvalue weighted by atomic mass is 16.5. The predicted octanol–water partition coefficient (Wildman–Crippen LogP) is 1.62. The molecule has 1 unspecified atom stereocenters. The lowest BCUT2D eigenvalue weighted by Crippen LogP contribution is -2.32. The van der Waals surface area contributed by atoms with Gasteiger partial charge in [-0.05, 0) is 30.7 Å². The summed E-state index contributed by atoms with van der Waals surface area (Å²) in [5.41, 5.74) is 8.11. The van der Waals surface area contributed by atoms with Gasteiger partial charge in [0.05, 0.1) is 26.3 Å². The quantitative estimate of drug-likeness (QED) is 0.410. The van der Waals surface area contributed by atoms with Gasteiger partial charge in [0.2, 0.25) is 17.8 Å². The first-order valence-electron chi connectivity index (χ1n) is 9.47. The maximum Gasteiger partial charge on any atom is 0.252 e. The van der Waals surface area contributed by atoms with Gasteiger partial charge in [-0.3, -0.25) is 14.9 Å². The van der Waals surface area contributed by atoms with Crippen LogP contribution in [0.5, 0.6) is 11.5 Å². The third-order valence-electron chi connectivity index (χ3n) is 4.51. The third-order valence-corrected chi connectivity index (χ3v) is 4.51. The normalized spacial score (nSPS) is 15.7. The summed E-state index contributed by atoms with van der Waals surface area (Å²) in [5.74, 6) is 0.289. The topological polar surface area (TPSA) is 139 Å². The van der Waals surface area contributed by atoms with E-state index in [1.807, 2.05) is 31.2 Å². The summed E-state index contributed by atoms with van der Waals surface area (Å²) in [6.07, 6.45) is -0.170. The molecule has 0 aliphatic carbocycles. The Hall–Kier alpha value is -4.08. The average Bonchev–Trinajstić information content (AvgIpc) is 3.07. The number of nitrogens with one attached hydrogen (secondary N) is 3. The Labute approximate surface area is 179 Å². The molecule has 2 amide bonds. The van der Waals surface area contributed by atoms with Crippen molar-refractivity contribution < 1.29 is 19.1 Å². The van der Waals surface area contributed by atoms with Crippen molar-refractivity contribution in [3.05, 3.63) is 48.0 Å². The Kier molecular flexibility index (Phi) is 6.71. The SMILES string of the molecule is COc1ccc(OC)c(NC(=O)CC2N=C(/N=C(\N)Nc3ccccc3C)NC2=O)c1. The first kappa shape index (κ1) is 21.6. The Bertz CT molecular complexity index is 1050. The number of methoxy groups -OCH3 is 2. The van der Waals surface area contributed by atoms with E-state index in [9.17, 15) is 9.59 Å². The number of amides is 2. The van der Waals surface area contributed by atoms with Crippen LogP contribution in [0.15, 0.2) is 52.4 Å². The minimum atomic E-state index is -0.915. The fraction of sp³-hybridized carbons (Fsp3) is 0.238. The monoisotopic (exact) mass is 424 g/mol. The molecule has 0 bridgehead atoms. The number of benzene rings is 2. The van der Waals surface area contributed by atoms with Crippen LogP contribution in [0.1, 0.15) is 12.0 Å². The van der Waals surface area contributed by atoms with E-state index >= 15 is 0 Å². The molecule has 10 nitrogen and oxygen atoms in total. The Morgan fingerprint density at radius 3 is 2.65 bits per heavy atom. The molecule has 0 fully saturated rings. The van der Waals surface area contributed by atoms with Crippen LogP contribution in [0, 0.1) is 6.92 Å². The van der Waals surface area contributed by atoms with Crippen LogP contribution in [0.25, 0.3) is 0 Å². The maximum atomic E-state index is 12.5. The molecule has 2 aromatic carbocycles. The maximum absolute atomic E-state index is 12.5. The Balaban J connectivity index is 1.65. The number of anilines is 2. The van der Waals surface area contributed by atoms with Gasteiger partial charge in [0, 0.05) is 11.8 Å². The van der Waals surface area contributed by atoms with Gasteiger partial charge in [-0.25, -0.2) is 4.99 Å². The lowest BCUT2D eigenvalue weighted by atomic mass is 10.2. The van der Waals surface area contributed by atoms with Crippen LogP contribution < -0.4 is 31.2 Å². The molecule has 0 saturated heterocycles. The summed E-state index contributed by atoms with van der Waals surface area (Å²) < 4.78 is 10.4. The molecule has 0 radical (unpaired) electrons. The van der Waals surface area contributed by atoms with Crippen LogP contribution in [-0.4, -0.2) is 44.0 Å². The fourth-order valence-corrected chi connectivity index (χ4v) is 2.91. The zero-order valence-corrected chi connectivity index (χ0v) is 17.4. The van der Waals surface area contributed by atoms with Gasteiger partial charge in [-0.2, -0.15) is 4.99 Å². The number of hydrogen-bond acceptors (Lipinski definition) is 6. The third kappa shape index (κ3) is 5.50. The number of carbonyl (C=O) groups is 2. The lowest BCUT2D eigenvalue weighted by molar-refractivity contribution is -0.123. The summed E-state index contributed by atoms with van der Waals surface area (Å²) in [5, 5.41) is 8.19. The van der Waals surface area contributed by atoms with Gasteiger partial charge in [0.1, 0.15) is 17.5 Å². The van der Waals surface area contributed by atoms with E-state index in [4.69, 9.17) is 15.2 Å². The standard InChI is InChI=1S/C21H24N6O4/c1-12-6-4-5-7-14(12)24-20(22)27-21-25-16(19(29)26-21)11-18(28)23-15-10-13(30-2)8-9-17(15)31-3/h4-10,16H,11H2,1-3H3,(H,23,28)(H4,22,24,25,26,27,29). The number of carbonyl (C=O) groups excluding carboxylic acids is 2. The molecule has 31 heavy (non-hydrogen) atoms. The minimum absolute atomic E-state index is 0.0420. The smallest absolute Gasteiger partial charge is 0.252 e. The van der Waals surface area contributed by atoms with Crippen molar-refractivity contribution in [2.24, 2.45) is 15.7 Å². The molecule has 1 aliphatic rings. The van der Waals surface area contributed by atoms with Gasteiger partial charge in [0.25, 0.3) is 5.91 Å². The molecule has 3 rings (SSSR count). The molecule has 2 aromatic rings. The summed E-state index contributed by atoms with van der Waals surface area (Å²) in [6, 6.07) is 11.6. The number of guanidine groups is 2. The molecule has 1 atom stereocenters. The predicted molar refractivity (Wildman–Crippen MR) is 119 cm³/mol. The zero-order valence-electron chi connectivity index (χ0n) is 17.4. The van der Waals surface area contributed by atoms with Crippen LogP contribution in [0.2, 0.25) is 0 Å². The van der Waals surface area contributed by atoms with Crippen molar-refractivity contribution in [3.63, 3.8) is 0 Å². The second-order valence-corrected chi connectivity index (χ2v) is 6.71. The Morgan fingerprint density at radius 1 is 1.16 bits per heavy atom. The summed E-state index contributed by atoms with van der Waals surface area (Å²) in [6.45, 7) is 1.93. The molecule has 1 heterocycles. The molecule has 0 saturated carbocycles. The van der Waals surface area contributed by atoms with E-state index in [1.165, 1.54) is 14.2 Å². The highest BCUT2D eigenvalue weighted by molar-refractivity contribution is 6.11. The van der Waals surface area contributed by atoms with E-state index in [0.717, 1.165) is 11.3 Å².